The van der Waals surface area contributed by atoms with Crippen LogP contribution in [0.4, 0.5) is 0 Å². The molecule has 0 aliphatic heterocycles. The number of rotatable bonds is 10. The second-order valence-corrected chi connectivity index (χ2v) is 8.64. The first-order chi connectivity index (χ1) is 13.3. The molecule has 2 aromatic carbocycles. The van der Waals surface area contributed by atoms with E-state index in [4.69, 9.17) is 4.74 Å². The first-order valence-corrected chi connectivity index (χ1v) is 10.7. The molecule has 2 rings (SSSR count). The van der Waals surface area contributed by atoms with Crippen molar-refractivity contribution in [1.29, 1.82) is 0 Å². The van der Waals surface area contributed by atoms with Crippen LogP contribution in [-0.2, 0) is 24.3 Å². The molecule has 2 N–H and O–H groups in total. The first-order valence-electron chi connectivity index (χ1n) is 9.19. The van der Waals surface area contributed by atoms with Gasteiger partial charge < -0.3 is 10.1 Å². The zero-order valence-corrected chi connectivity index (χ0v) is 16.9. The Morgan fingerprint density at radius 1 is 1.07 bits per heavy atom. The van der Waals surface area contributed by atoms with Gasteiger partial charge in [-0.2, -0.15) is 0 Å². The van der Waals surface area contributed by atoms with Crippen LogP contribution in [0.1, 0.15) is 26.7 Å². The van der Waals surface area contributed by atoms with Gasteiger partial charge in [-0.25, -0.2) is 13.1 Å². The number of hydrogen-bond acceptors (Lipinski definition) is 5. The Hall–Kier alpha value is -2.45. The minimum Gasteiger partial charge on any atom is -0.456 e. The molecule has 0 aromatic heterocycles. The van der Waals surface area contributed by atoms with Gasteiger partial charge in [0.2, 0.25) is 10.0 Å². The fraction of sp³-hybridized carbons (Fsp3) is 0.400. The Morgan fingerprint density at radius 3 is 2.50 bits per heavy atom. The summed E-state index contributed by atoms with van der Waals surface area (Å²) in [7, 11) is -3.66. The van der Waals surface area contributed by atoms with Gasteiger partial charge in [0.05, 0.1) is 4.90 Å². The molecule has 0 saturated carbocycles. The first kappa shape index (κ1) is 21.8. The number of fused-ring (bicyclic) bond motifs is 1. The molecule has 0 fully saturated rings. The van der Waals surface area contributed by atoms with Crippen molar-refractivity contribution < 1.29 is 22.7 Å². The highest BCUT2D eigenvalue weighted by Gasteiger charge is 2.14. The summed E-state index contributed by atoms with van der Waals surface area (Å²) >= 11 is 0. The van der Waals surface area contributed by atoms with Crippen LogP contribution in [0.25, 0.3) is 10.8 Å². The van der Waals surface area contributed by atoms with Gasteiger partial charge in [0.25, 0.3) is 5.91 Å². The maximum atomic E-state index is 12.4. The van der Waals surface area contributed by atoms with Crippen molar-refractivity contribution in [1.82, 2.24) is 10.0 Å². The summed E-state index contributed by atoms with van der Waals surface area (Å²) in [6, 6.07) is 12.4. The quantitative estimate of drug-likeness (QED) is 0.465. The van der Waals surface area contributed by atoms with E-state index in [0.717, 1.165) is 10.8 Å². The van der Waals surface area contributed by atoms with E-state index >= 15 is 0 Å². The lowest BCUT2D eigenvalue weighted by Crippen LogP contribution is -2.31. The van der Waals surface area contributed by atoms with E-state index in [2.05, 4.69) is 10.0 Å². The van der Waals surface area contributed by atoms with Gasteiger partial charge >= 0.3 is 5.97 Å². The van der Waals surface area contributed by atoms with E-state index < -0.39 is 16.0 Å². The van der Waals surface area contributed by atoms with Crippen LogP contribution in [0.3, 0.4) is 0 Å². The van der Waals surface area contributed by atoms with Gasteiger partial charge in [0, 0.05) is 19.5 Å². The van der Waals surface area contributed by atoms with Crippen molar-refractivity contribution >= 4 is 32.7 Å². The number of nitrogens with one attached hydrogen (secondary N) is 2. The summed E-state index contributed by atoms with van der Waals surface area (Å²) in [4.78, 5) is 23.3. The molecule has 8 heteroatoms. The van der Waals surface area contributed by atoms with Gasteiger partial charge in [-0.15, -0.1) is 0 Å². The molecule has 0 atom stereocenters. The average Bonchev–Trinajstić information content (AvgIpc) is 2.67. The SMILES string of the molecule is CC(C)CNC(=O)COC(=O)CCCNS(=O)(=O)c1ccc2ccccc2c1. The Bertz CT molecular complexity index is 925. The summed E-state index contributed by atoms with van der Waals surface area (Å²) in [5.74, 6) is -0.570. The van der Waals surface area contributed by atoms with Gasteiger partial charge in [-0.3, -0.25) is 9.59 Å². The highest BCUT2D eigenvalue weighted by molar-refractivity contribution is 7.89. The van der Waals surface area contributed by atoms with Crippen LogP contribution < -0.4 is 10.0 Å². The molecule has 0 unspecified atom stereocenters. The second kappa shape index (κ2) is 10.2. The Kier molecular flexibility index (Phi) is 7.95. The minimum atomic E-state index is -3.66. The molecule has 0 bridgehead atoms. The van der Waals surface area contributed by atoms with Crippen LogP contribution in [0.2, 0.25) is 0 Å². The van der Waals surface area contributed by atoms with Crippen molar-refractivity contribution in [2.45, 2.75) is 31.6 Å². The fourth-order valence-corrected chi connectivity index (χ4v) is 3.55. The fourth-order valence-electron chi connectivity index (χ4n) is 2.44. The van der Waals surface area contributed by atoms with E-state index in [0.29, 0.717) is 12.5 Å². The van der Waals surface area contributed by atoms with Crippen molar-refractivity contribution in [3.8, 4) is 0 Å². The number of ether oxygens (including phenoxy) is 1. The van der Waals surface area contributed by atoms with Gasteiger partial charge in [-0.05, 0) is 35.2 Å². The van der Waals surface area contributed by atoms with Crippen molar-refractivity contribution in [3.05, 3.63) is 42.5 Å². The van der Waals surface area contributed by atoms with Crippen LogP contribution in [-0.4, -0.2) is 40.0 Å². The third-order valence-corrected chi connectivity index (χ3v) is 5.41. The summed E-state index contributed by atoms with van der Waals surface area (Å²) < 4.78 is 32.1. The lowest BCUT2D eigenvalue weighted by atomic mass is 10.1. The predicted molar refractivity (Wildman–Crippen MR) is 107 cm³/mol. The monoisotopic (exact) mass is 406 g/mol. The predicted octanol–water partition coefficient (Wildman–Crippen LogP) is 2.21. The molecule has 0 saturated heterocycles. The second-order valence-electron chi connectivity index (χ2n) is 6.87. The lowest BCUT2D eigenvalue weighted by Gasteiger charge is -2.09. The topological polar surface area (TPSA) is 102 Å². The Morgan fingerprint density at radius 2 is 1.79 bits per heavy atom. The molecule has 0 spiro atoms. The molecule has 2 aromatic rings. The van der Waals surface area contributed by atoms with E-state index in [9.17, 15) is 18.0 Å². The van der Waals surface area contributed by atoms with E-state index in [1.54, 1.807) is 18.2 Å². The molecule has 0 radical (unpaired) electrons. The molecule has 1 amide bonds. The molecule has 0 heterocycles. The molecule has 152 valence electrons. The zero-order chi connectivity index (χ0) is 20.6. The number of hydrogen-bond donors (Lipinski definition) is 2. The minimum absolute atomic E-state index is 0.0255. The maximum absolute atomic E-state index is 12.4. The number of amides is 1. The number of carbonyl (C=O) groups is 2. The number of esters is 1. The van der Waals surface area contributed by atoms with E-state index in [-0.39, 0.29) is 36.8 Å². The van der Waals surface area contributed by atoms with Crippen LogP contribution in [0, 0.1) is 5.92 Å². The number of benzene rings is 2. The molecular weight excluding hydrogens is 380 g/mol. The van der Waals surface area contributed by atoms with E-state index in [1.807, 2.05) is 38.1 Å². The van der Waals surface area contributed by atoms with Gasteiger partial charge in [-0.1, -0.05) is 44.2 Å². The van der Waals surface area contributed by atoms with E-state index in [1.165, 1.54) is 0 Å². The highest BCUT2D eigenvalue weighted by atomic mass is 32.2. The maximum Gasteiger partial charge on any atom is 0.306 e. The molecule has 0 aliphatic carbocycles. The summed E-state index contributed by atoms with van der Waals surface area (Å²) in [6.45, 7) is 4.22. The van der Waals surface area contributed by atoms with Crippen molar-refractivity contribution in [2.24, 2.45) is 5.92 Å². The summed E-state index contributed by atoms with van der Waals surface area (Å²) in [5.41, 5.74) is 0. The third-order valence-electron chi connectivity index (χ3n) is 3.95. The van der Waals surface area contributed by atoms with Gasteiger partial charge in [0.1, 0.15) is 0 Å². The number of sulfonamides is 1. The molecular formula is C20H26N2O5S. The Labute approximate surface area is 165 Å². The summed E-state index contributed by atoms with van der Waals surface area (Å²) in [6.07, 6.45) is 0.303. The zero-order valence-electron chi connectivity index (χ0n) is 16.1. The highest BCUT2D eigenvalue weighted by Crippen LogP contribution is 2.18. The molecule has 0 aliphatic rings. The van der Waals surface area contributed by atoms with Crippen molar-refractivity contribution in [3.63, 3.8) is 0 Å². The van der Waals surface area contributed by atoms with Crippen molar-refractivity contribution in [2.75, 3.05) is 19.7 Å². The average molecular weight is 407 g/mol. The molecule has 28 heavy (non-hydrogen) atoms. The smallest absolute Gasteiger partial charge is 0.306 e. The standard InChI is InChI=1S/C20H26N2O5S/c1-15(2)13-21-19(23)14-27-20(24)8-5-11-22-28(25,26)18-10-9-16-6-3-4-7-17(16)12-18/h3-4,6-7,9-10,12,15,22H,5,8,11,13-14H2,1-2H3,(H,21,23). The van der Waals surface area contributed by atoms with Crippen LogP contribution >= 0.6 is 0 Å². The number of carbonyl (C=O) groups excluding carboxylic acids is 2. The normalized spacial score (nSPS) is 11.5. The largest absolute Gasteiger partial charge is 0.456 e. The van der Waals surface area contributed by atoms with Crippen LogP contribution in [0.15, 0.2) is 47.4 Å². The summed E-state index contributed by atoms with van der Waals surface area (Å²) in [5, 5.41) is 4.45. The third kappa shape index (κ3) is 6.94. The lowest BCUT2D eigenvalue weighted by molar-refractivity contribution is -0.148. The van der Waals surface area contributed by atoms with Gasteiger partial charge in [0.15, 0.2) is 6.61 Å². The molecule has 7 nitrogen and oxygen atoms in total. The Balaban J connectivity index is 1.74. The van der Waals surface area contributed by atoms with Crippen LogP contribution in [0.5, 0.6) is 0 Å².